The molecule has 2 aromatic rings. The summed E-state index contributed by atoms with van der Waals surface area (Å²) in [6.07, 6.45) is 3.49. The van der Waals surface area contributed by atoms with Crippen molar-refractivity contribution in [2.75, 3.05) is 0 Å². The molecule has 1 aliphatic rings. The van der Waals surface area contributed by atoms with E-state index in [0.717, 1.165) is 29.2 Å². The first-order valence-electron chi connectivity index (χ1n) is 9.25. The van der Waals surface area contributed by atoms with E-state index in [2.05, 4.69) is 19.1 Å². The van der Waals surface area contributed by atoms with Gasteiger partial charge in [0, 0.05) is 0 Å². The molecule has 25 heavy (non-hydrogen) atoms. The SMILES string of the molecule is CCCC1CCC(c2ccc(-c3ccc(C(F)(F)F)cc3)cc2)CC1. The van der Waals surface area contributed by atoms with Crippen molar-refractivity contribution in [3.8, 4) is 11.1 Å². The normalized spacial score (nSPS) is 21.3. The fourth-order valence-corrected chi connectivity index (χ4v) is 3.99. The Kier molecular flexibility index (Phi) is 5.51. The third kappa shape index (κ3) is 4.45. The topological polar surface area (TPSA) is 0 Å². The maximum absolute atomic E-state index is 12.7. The van der Waals surface area contributed by atoms with Crippen LogP contribution in [0.2, 0.25) is 0 Å². The molecule has 0 aromatic heterocycles. The molecule has 0 heterocycles. The van der Waals surface area contributed by atoms with Gasteiger partial charge in [-0.25, -0.2) is 0 Å². The highest BCUT2D eigenvalue weighted by Crippen LogP contribution is 2.38. The number of hydrogen-bond acceptors (Lipinski definition) is 0. The lowest BCUT2D eigenvalue weighted by molar-refractivity contribution is -0.137. The fourth-order valence-electron chi connectivity index (χ4n) is 3.99. The second-order valence-corrected chi connectivity index (χ2v) is 7.20. The van der Waals surface area contributed by atoms with Crippen LogP contribution in [0.25, 0.3) is 11.1 Å². The van der Waals surface area contributed by atoms with Crippen molar-refractivity contribution in [1.29, 1.82) is 0 Å². The van der Waals surface area contributed by atoms with Crippen LogP contribution in [0.1, 0.15) is 62.5 Å². The summed E-state index contributed by atoms with van der Waals surface area (Å²) in [6.45, 7) is 2.26. The van der Waals surface area contributed by atoms with Crippen molar-refractivity contribution in [3.05, 3.63) is 59.7 Å². The van der Waals surface area contributed by atoms with Crippen LogP contribution < -0.4 is 0 Å². The van der Waals surface area contributed by atoms with Crippen LogP contribution in [0.15, 0.2) is 48.5 Å². The van der Waals surface area contributed by atoms with Crippen LogP contribution in [-0.2, 0) is 6.18 Å². The van der Waals surface area contributed by atoms with Crippen molar-refractivity contribution < 1.29 is 13.2 Å². The van der Waals surface area contributed by atoms with Gasteiger partial charge in [-0.15, -0.1) is 0 Å². The maximum Gasteiger partial charge on any atom is 0.416 e. The van der Waals surface area contributed by atoms with E-state index in [-0.39, 0.29) is 0 Å². The molecular formula is C22H25F3. The van der Waals surface area contributed by atoms with Gasteiger partial charge >= 0.3 is 6.18 Å². The molecule has 0 radical (unpaired) electrons. The first-order valence-corrected chi connectivity index (χ1v) is 9.25. The number of rotatable bonds is 4. The predicted octanol–water partition coefficient (Wildman–Crippen LogP) is 7.45. The lowest BCUT2D eigenvalue weighted by atomic mass is 9.77. The average Bonchev–Trinajstić information content (AvgIpc) is 2.62. The second kappa shape index (κ2) is 7.63. The van der Waals surface area contributed by atoms with Gasteiger partial charge in [0.25, 0.3) is 0 Å². The zero-order valence-electron chi connectivity index (χ0n) is 14.7. The van der Waals surface area contributed by atoms with Gasteiger partial charge in [0.1, 0.15) is 0 Å². The summed E-state index contributed by atoms with van der Waals surface area (Å²) < 4.78 is 38.0. The summed E-state index contributed by atoms with van der Waals surface area (Å²) in [7, 11) is 0. The predicted molar refractivity (Wildman–Crippen MR) is 96.5 cm³/mol. The molecule has 0 unspecified atom stereocenters. The van der Waals surface area contributed by atoms with Crippen molar-refractivity contribution in [3.63, 3.8) is 0 Å². The van der Waals surface area contributed by atoms with E-state index < -0.39 is 11.7 Å². The molecule has 3 heteroatoms. The highest BCUT2D eigenvalue weighted by molar-refractivity contribution is 5.64. The highest BCUT2D eigenvalue weighted by Gasteiger charge is 2.30. The Bertz CT molecular complexity index is 660. The minimum absolute atomic E-state index is 0.600. The monoisotopic (exact) mass is 346 g/mol. The zero-order valence-corrected chi connectivity index (χ0v) is 14.7. The molecule has 0 saturated heterocycles. The van der Waals surface area contributed by atoms with E-state index in [1.165, 1.54) is 44.1 Å². The van der Waals surface area contributed by atoms with Gasteiger partial charge in [-0.05, 0) is 66.3 Å². The van der Waals surface area contributed by atoms with E-state index >= 15 is 0 Å². The first kappa shape index (κ1) is 18.0. The van der Waals surface area contributed by atoms with Crippen LogP contribution in [0.3, 0.4) is 0 Å². The standard InChI is InChI=1S/C22H25F3/c1-2-3-16-4-6-17(7-5-16)18-8-10-19(11-9-18)20-12-14-21(15-13-20)22(23,24)25/h8-17H,2-7H2,1H3. The van der Waals surface area contributed by atoms with Crippen LogP contribution in [0.4, 0.5) is 13.2 Å². The van der Waals surface area contributed by atoms with Crippen LogP contribution in [-0.4, -0.2) is 0 Å². The molecule has 2 aromatic carbocycles. The number of hydrogen-bond donors (Lipinski definition) is 0. The van der Waals surface area contributed by atoms with Gasteiger partial charge in [0.05, 0.1) is 5.56 Å². The molecule has 134 valence electrons. The van der Waals surface area contributed by atoms with Gasteiger partial charge in [0.15, 0.2) is 0 Å². The lowest BCUT2D eigenvalue weighted by Gasteiger charge is -2.28. The van der Waals surface area contributed by atoms with Crippen LogP contribution in [0.5, 0.6) is 0 Å². The van der Waals surface area contributed by atoms with E-state index in [0.29, 0.717) is 5.92 Å². The first-order chi connectivity index (χ1) is 12.0. The summed E-state index contributed by atoms with van der Waals surface area (Å²) in [5, 5.41) is 0. The minimum atomic E-state index is -4.28. The van der Waals surface area contributed by atoms with E-state index in [4.69, 9.17) is 0 Å². The van der Waals surface area contributed by atoms with Crippen molar-refractivity contribution in [2.24, 2.45) is 5.92 Å². The van der Waals surface area contributed by atoms with Crippen molar-refractivity contribution >= 4 is 0 Å². The molecule has 0 nitrogen and oxygen atoms in total. The zero-order chi connectivity index (χ0) is 17.9. The Balaban J connectivity index is 1.66. The van der Waals surface area contributed by atoms with Gasteiger partial charge < -0.3 is 0 Å². The Labute approximate surface area is 148 Å². The molecule has 0 atom stereocenters. The van der Waals surface area contributed by atoms with E-state index in [1.54, 1.807) is 12.1 Å². The Morgan fingerprint density at radius 2 is 1.32 bits per heavy atom. The fraction of sp³-hybridized carbons (Fsp3) is 0.455. The molecule has 0 spiro atoms. The molecule has 1 fully saturated rings. The summed E-state index contributed by atoms with van der Waals surface area (Å²) in [6, 6.07) is 13.8. The quantitative estimate of drug-likeness (QED) is 0.539. The Morgan fingerprint density at radius 1 is 0.800 bits per heavy atom. The summed E-state index contributed by atoms with van der Waals surface area (Å²) >= 11 is 0. The highest BCUT2D eigenvalue weighted by atomic mass is 19.4. The third-order valence-corrected chi connectivity index (χ3v) is 5.47. The van der Waals surface area contributed by atoms with E-state index in [9.17, 15) is 13.2 Å². The van der Waals surface area contributed by atoms with Gasteiger partial charge in [-0.3, -0.25) is 0 Å². The summed E-state index contributed by atoms with van der Waals surface area (Å²) in [5.41, 5.74) is 2.56. The largest absolute Gasteiger partial charge is 0.416 e. The minimum Gasteiger partial charge on any atom is -0.166 e. The third-order valence-electron chi connectivity index (χ3n) is 5.47. The molecule has 3 rings (SSSR count). The van der Waals surface area contributed by atoms with Gasteiger partial charge in [-0.2, -0.15) is 13.2 Å². The average molecular weight is 346 g/mol. The Hall–Kier alpha value is -1.77. The number of benzene rings is 2. The smallest absolute Gasteiger partial charge is 0.166 e. The molecule has 1 saturated carbocycles. The molecule has 0 amide bonds. The molecular weight excluding hydrogens is 321 g/mol. The number of halogens is 3. The van der Waals surface area contributed by atoms with Crippen LogP contribution >= 0.6 is 0 Å². The summed E-state index contributed by atoms with van der Waals surface area (Å²) in [4.78, 5) is 0. The van der Waals surface area contributed by atoms with Gasteiger partial charge in [-0.1, -0.05) is 56.2 Å². The van der Waals surface area contributed by atoms with Gasteiger partial charge in [0.2, 0.25) is 0 Å². The molecule has 1 aliphatic carbocycles. The molecule has 0 aliphatic heterocycles. The second-order valence-electron chi connectivity index (χ2n) is 7.20. The van der Waals surface area contributed by atoms with Crippen molar-refractivity contribution in [1.82, 2.24) is 0 Å². The summed E-state index contributed by atoms with van der Waals surface area (Å²) in [5.74, 6) is 1.53. The molecule has 0 N–H and O–H groups in total. The lowest BCUT2D eigenvalue weighted by Crippen LogP contribution is -2.13. The molecule has 0 bridgehead atoms. The van der Waals surface area contributed by atoms with Crippen molar-refractivity contribution in [2.45, 2.75) is 57.5 Å². The number of alkyl halides is 3. The van der Waals surface area contributed by atoms with E-state index in [1.807, 2.05) is 12.1 Å². The Morgan fingerprint density at radius 3 is 1.80 bits per heavy atom. The maximum atomic E-state index is 12.7. The van der Waals surface area contributed by atoms with Crippen LogP contribution in [0, 0.1) is 5.92 Å².